The molecule has 1 unspecified atom stereocenters. The highest BCUT2D eigenvalue weighted by Crippen LogP contribution is 2.32. The average Bonchev–Trinajstić information content (AvgIpc) is 3.26. The second-order valence-corrected chi connectivity index (χ2v) is 10.4. The van der Waals surface area contributed by atoms with Crippen LogP contribution in [0.3, 0.4) is 0 Å². The number of aliphatic hydroxyl groups excluding tert-OH is 1. The third-order valence-corrected chi connectivity index (χ3v) is 7.57. The summed E-state index contributed by atoms with van der Waals surface area (Å²) in [4.78, 5) is 21.9. The highest BCUT2D eigenvalue weighted by Gasteiger charge is 2.32. The fraction of sp³-hybridized carbons (Fsp3) is 0.444. The number of hydrogen-bond donors (Lipinski definition) is 1. The zero-order valence-electron chi connectivity index (χ0n) is 21.5. The van der Waals surface area contributed by atoms with E-state index in [-0.39, 0.29) is 5.91 Å². The number of benzene rings is 1. The van der Waals surface area contributed by atoms with Gasteiger partial charge in [0.05, 0.1) is 23.9 Å². The Labute approximate surface area is 229 Å². The molecule has 0 radical (unpaired) electrons. The number of carbonyl (C=O) groups is 1. The van der Waals surface area contributed by atoms with E-state index in [0.717, 1.165) is 34.6 Å². The quantitative estimate of drug-likeness (QED) is 0.494. The van der Waals surface area contributed by atoms with Crippen LogP contribution in [0, 0.1) is 0 Å². The van der Waals surface area contributed by atoms with Crippen molar-refractivity contribution in [2.24, 2.45) is 0 Å². The van der Waals surface area contributed by atoms with E-state index in [4.69, 9.17) is 16.7 Å². The minimum absolute atomic E-state index is 0.00923. The van der Waals surface area contributed by atoms with Crippen LogP contribution in [-0.2, 0) is 30.5 Å². The predicted molar refractivity (Wildman–Crippen MR) is 141 cm³/mol. The maximum absolute atomic E-state index is 13.1. The van der Waals surface area contributed by atoms with Crippen molar-refractivity contribution in [2.75, 3.05) is 44.2 Å². The number of anilines is 1. The van der Waals surface area contributed by atoms with Gasteiger partial charge in [-0.2, -0.15) is 18.3 Å². The molecule has 2 aliphatic rings. The second kappa shape index (κ2) is 11.1. The van der Waals surface area contributed by atoms with E-state index in [9.17, 15) is 23.1 Å². The molecule has 8 nitrogen and oxygen atoms in total. The van der Waals surface area contributed by atoms with E-state index in [1.54, 1.807) is 24.0 Å². The van der Waals surface area contributed by atoms with Crippen molar-refractivity contribution in [1.82, 2.24) is 24.6 Å². The number of pyridine rings is 1. The van der Waals surface area contributed by atoms with Crippen molar-refractivity contribution < 1.29 is 23.1 Å². The lowest BCUT2D eigenvalue weighted by molar-refractivity contribution is -0.137. The van der Waals surface area contributed by atoms with E-state index < -0.39 is 17.8 Å². The molecule has 1 aromatic carbocycles. The molecular formula is C27H30ClF3N6O2. The molecule has 1 amide bonds. The van der Waals surface area contributed by atoms with Crippen molar-refractivity contribution in [2.45, 2.75) is 38.7 Å². The molecule has 3 aromatic rings. The van der Waals surface area contributed by atoms with Crippen LogP contribution in [0.25, 0.3) is 11.3 Å². The highest BCUT2D eigenvalue weighted by molar-refractivity contribution is 6.30. The predicted octanol–water partition coefficient (Wildman–Crippen LogP) is 3.71. The molecule has 12 heteroatoms. The van der Waals surface area contributed by atoms with E-state index >= 15 is 0 Å². The first-order valence-electron chi connectivity index (χ1n) is 12.9. The molecule has 0 bridgehead atoms. The molecule has 5 rings (SSSR count). The van der Waals surface area contributed by atoms with Crippen LogP contribution in [0.15, 0.2) is 42.6 Å². The van der Waals surface area contributed by atoms with Crippen LogP contribution in [0.1, 0.15) is 23.7 Å². The third kappa shape index (κ3) is 6.21. The molecule has 0 aliphatic carbocycles. The van der Waals surface area contributed by atoms with Crippen LogP contribution in [0.2, 0.25) is 5.02 Å². The Bertz CT molecular complexity index is 1320. The van der Waals surface area contributed by atoms with Crippen LogP contribution >= 0.6 is 11.6 Å². The molecule has 1 saturated heterocycles. The summed E-state index contributed by atoms with van der Waals surface area (Å²) in [6.45, 7) is 5.54. The van der Waals surface area contributed by atoms with Crippen molar-refractivity contribution in [1.29, 1.82) is 0 Å². The third-order valence-electron chi connectivity index (χ3n) is 7.32. The Morgan fingerprint density at radius 1 is 1.08 bits per heavy atom. The molecule has 2 aliphatic heterocycles. The van der Waals surface area contributed by atoms with Crippen molar-refractivity contribution in [3.8, 4) is 11.3 Å². The molecule has 0 spiro atoms. The molecular weight excluding hydrogens is 533 g/mol. The number of carbonyl (C=O) groups excluding carboxylic acids is 1. The van der Waals surface area contributed by atoms with Gasteiger partial charge < -0.3 is 14.9 Å². The highest BCUT2D eigenvalue weighted by atomic mass is 35.5. The van der Waals surface area contributed by atoms with E-state index in [2.05, 4.69) is 9.88 Å². The Balaban J connectivity index is 1.25. The SMILES string of the molecule is CC(=O)N1CCc2c(c(-c3ccc(Cl)cc3)nn2CC(O)CN2CCN(c3cc(C(F)(F)F)ccn3)CC2)C1. The number of piperazine rings is 1. The number of amides is 1. The van der Waals surface area contributed by atoms with Crippen LogP contribution in [0.4, 0.5) is 19.0 Å². The van der Waals surface area contributed by atoms with Crippen molar-refractivity contribution in [3.05, 3.63) is 64.4 Å². The molecule has 208 valence electrons. The summed E-state index contributed by atoms with van der Waals surface area (Å²) in [6.07, 6.45) is -3.28. The maximum Gasteiger partial charge on any atom is 0.416 e. The lowest BCUT2D eigenvalue weighted by Gasteiger charge is -2.36. The Hall–Kier alpha value is -3.15. The first-order chi connectivity index (χ1) is 18.6. The van der Waals surface area contributed by atoms with Crippen molar-refractivity contribution in [3.63, 3.8) is 0 Å². The molecule has 4 heterocycles. The van der Waals surface area contributed by atoms with Gasteiger partial charge in [0.1, 0.15) is 5.82 Å². The smallest absolute Gasteiger partial charge is 0.390 e. The summed E-state index contributed by atoms with van der Waals surface area (Å²) in [6, 6.07) is 9.46. The summed E-state index contributed by atoms with van der Waals surface area (Å²) in [5, 5.41) is 16.5. The Morgan fingerprint density at radius 3 is 2.46 bits per heavy atom. The Morgan fingerprint density at radius 2 is 1.79 bits per heavy atom. The zero-order chi connectivity index (χ0) is 27.7. The summed E-state index contributed by atoms with van der Waals surface area (Å²) in [7, 11) is 0. The number of aliphatic hydroxyl groups is 1. The summed E-state index contributed by atoms with van der Waals surface area (Å²) < 4.78 is 41.1. The summed E-state index contributed by atoms with van der Waals surface area (Å²) in [5.74, 6) is 0.317. The van der Waals surface area contributed by atoms with E-state index in [1.165, 1.54) is 6.20 Å². The minimum Gasteiger partial charge on any atom is -0.390 e. The monoisotopic (exact) mass is 562 g/mol. The number of fused-ring (bicyclic) bond motifs is 1. The largest absolute Gasteiger partial charge is 0.416 e. The minimum atomic E-state index is -4.41. The molecule has 39 heavy (non-hydrogen) atoms. The summed E-state index contributed by atoms with van der Waals surface area (Å²) in [5.41, 5.74) is 2.96. The number of hydrogen-bond acceptors (Lipinski definition) is 6. The fourth-order valence-electron chi connectivity index (χ4n) is 5.23. The second-order valence-electron chi connectivity index (χ2n) is 10.00. The topological polar surface area (TPSA) is 77.7 Å². The van der Waals surface area contributed by atoms with Gasteiger partial charge in [-0.15, -0.1) is 0 Å². The molecule has 1 atom stereocenters. The number of aromatic nitrogens is 3. The van der Waals surface area contributed by atoms with Gasteiger partial charge in [-0.05, 0) is 24.3 Å². The number of rotatable bonds is 6. The lowest BCUT2D eigenvalue weighted by Crippen LogP contribution is -2.49. The first-order valence-corrected chi connectivity index (χ1v) is 13.2. The van der Waals surface area contributed by atoms with Crippen LogP contribution in [-0.4, -0.2) is 81.0 Å². The summed E-state index contributed by atoms with van der Waals surface area (Å²) >= 11 is 6.07. The molecule has 2 aromatic heterocycles. The number of halogens is 4. The van der Waals surface area contributed by atoms with Gasteiger partial charge in [-0.1, -0.05) is 23.7 Å². The lowest BCUT2D eigenvalue weighted by atomic mass is 10.0. The van der Waals surface area contributed by atoms with Gasteiger partial charge >= 0.3 is 6.18 Å². The molecule has 1 N–H and O–H groups in total. The van der Waals surface area contributed by atoms with Gasteiger partial charge in [0.2, 0.25) is 5.91 Å². The van der Waals surface area contributed by atoms with E-state index in [0.29, 0.717) is 69.6 Å². The fourth-order valence-corrected chi connectivity index (χ4v) is 5.36. The van der Waals surface area contributed by atoms with Crippen LogP contribution in [0.5, 0.6) is 0 Å². The molecule has 0 saturated carbocycles. The van der Waals surface area contributed by atoms with Gasteiger partial charge in [0.15, 0.2) is 0 Å². The first kappa shape index (κ1) is 27.4. The number of β-amino-alcohol motifs (C(OH)–C–C–N with tert-alkyl or cyclic N) is 1. The maximum atomic E-state index is 13.1. The van der Waals surface area contributed by atoms with Gasteiger partial charge in [0.25, 0.3) is 0 Å². The van der Waals surface area contributed by atoms with Gasteiger partial charge in [0, 0.05) is 87.2 Å². The Kier molecular flexibility index (Phi) is 7.84. The standard InChI is InChI=1S/C27H30ClF3N6O2/c1-18(38)36-9-7-24-23(17-36)26(19-2-4-21(28)5-3-19)33-37(24)16-22(39)15-34-10-12-35(13-11-34)25-14-20(6-8-32-25)27(29,30)31/h2-6,8,14,22,39H,7,9-13,15-17H2,1H3. The van der Waals surface area contributed by atoms with Crippen molar-refractivity contribution >= 4 is 23.3 Å². The normalized spacial score (nSPS) is 17.3. The zero-order valence-corrected chi connectivity index (χ0v) is 22.3. The van der Waals surface area contributed by atoms with Gasteiger partial charge in [-0.25, -0.2) is 4.98 Å². The van der Waals surface area contributed by atoms with Crippen LogP contribution < -0.4 is 4.90 Å². The average molecular weight is 563 g/mol. The number of alkyl halides is 3. The van der Waals surface area contributed by atoms with E-state index in [1.807, 2.05) is 21.7 Å². The number of nitrogens with zero attached hydrogens (tertiary/aromatic N) is 6. The van der Waals surface area contributed by atoms with Gasteiger partial charge in [-0.3, -0.25) is 14.4 Å². The molecule has 1 fully saturated rings.